The molecule has 8 nitrogen and oxygen atoms in total. The molecule has 1 aromatic heterocycles. The maximum absolute atomic E-state index is 11.9. The van der Waals surface area contributed by atoms with Crippen LogP contribution in [0.2, 0.25) is 0 Å². The zero-order valence-corrected chi connectivity index (χ0v) is 16.6. The summed E-state index contributed by atoms with van der Waals surface area (Å²) in [7, 11) is 0. The highest BCUT2D eigenvalue weighted by Gasteiger charge is 2.23. The van der Waals surface area contributed by atoms with Gasteiger partial charge in [0.15, 0.2) is 0 Å². The number of amides is 1. The highest BCUT2D eigenvalue weighted by Crippen LogP contribution is 2.22. The van der Waals surface area contributed by atoms with Gasteiger partial charge in [-0.2, -0.15) is 0 Å². The lowest BCUT2D eigenvalue weighted by Crippen LogP contribution is -2.49. The number of piperazine rings is 1. The van der Waals surface area contributed by atoms with Gasteiger partial charge in [0.05, 0.1) is 13.2 Å². The van der Waals surface area contributed by atoms with Crippen molar-refractivity contribution in [3.8, 4) is 5.75 Å². The average Bonchev–Trinajstić information content (AvgIpc) is 2.69. The van der Waals surface area contributed by atoms with E-state index in [2.05, 4.69) is 20.2 Å². The molecule has 0 aliphatic carbocycles. The van der Waals surface area contributed by atoms with E-state index in [4.69, 9.17) is 9.47 Å². The Kier molecular flexibility index (Phi) is 6.52. The number of aryl methyl sites for hydroxylation is 1. The van der Waals surface area contributed by atoms with E-state index in [1.165, 1.54) is 0 Å². The summed E-state index contributed by atoms with van der Waals surface area (Å²) in [5.74, 6) is 3.12. The molecule has 1 amide bonds. The Bertz CT molecular complexity index is 789. The Morgan fingerprint density at radius 1 is 1.07 bits per heavy atom. The molecule has 1 aliphatic rings. The third-order valence-corrected chi connectivity index (χ3v) is 4.39. The minimum absolute atomic E-state index is 0.251. The minimum Gasteiger partial charge on any atom is -0.494 e. The zero-order valence-electron chi connectivity index (χ0n) is 16.6. The number of nitrogens with one attached hydrogen (secondary N) is 1. The molecule has 1 saturated heterocycles. The number of anilines is 3. The summed E-state index contributed by atoms with van der Waals surface area (Å²) >= 11 is 0. The van der Waals surface area contributed by atoms with Crippen LogP contribution in [0, 0.1) is 6.92 Å². The maximum atomic E-state index is 11.9. The second-order valence-electron chi connectivity index (χ2n) is 6.41. The van der Waals surface area contributed by atoms with E-state index >= 15 is 0 Å². The molecule has 2 heterocycles. The van der Waals surface area contributed by atoms with Crippen molar-refractivity contribution in [3.05, 3.63) is 36.2 Å². The molecule has 1 N–H and O–H groups in total. The molecule has 3 rings (SSSR count). The van der Waals surface area contributed by atoms with E-state index in [9.17, 15) is 4.79 Å². The first kappa shape index (κ1) is 19.7. The molecule has 0 radical (unpaired) electrons. The van der Waals surface area contributed by atoms with Gasteiger partial charge in [-0.3, -0.25) is 0 Å². The van der Waals surface area contributed by atoms with Crippen molar-refractivity contribution in [3.63, 3.8) is 0 Å². The molecule has 1 aromatic carbocycles. The Morgan fingerprint density at radius 3 is 2.43 bits per heavy atom. The summed E-state index contributed by atoms with van der Waals surface area (Å²) in [6, 6.07) is 9.70. The largest absolute Gasteiger partial charge is 0.494 e. The van der Waals surface area contributed by atoms with Gasteiger partial charge in [0.25, 0.3) is 0 Å². The summed E-state index contributed by atoms with van der Waals surface area (Å²) in [5.41, 5.74) is 0.930. The molecule has 0 unspecified atom stereocenters. The molecule has 2 aromatic rings. The molecule has 0 saturated carbocycles. The molecule has 150 valence electrons. The summed E-state index contributed by atoms with van der Waals surface area (Å²) in [4.78, 5) is 24.8. The van der Waals surface area contributed by atoms with Crippen LogP contribution in [0.1, 0.15) is 19.7 Å². The second kappa shape index (κ2) is 9.25. The topological polar surface area (TPSA) is 79.8 Å². The van der Waals surface area contributed by atoms with E-state index in [1.54, 1.807) is 4.90 Å². The first-order valence-electron chi connectivity index (χ1n) is 9.61. The van der Waals surface area contributed by atoms with Crippen molar-refractivity contribution in [2.75, 3.05) is 49.6 Å². The van der Waals surface area contributed by atoms with Crippen LogP contribution in [0.5, 0.6) is 5.75 Å². The van der Waals surface area contributed by atoms with Crippen molar-refractivity contribution in [2.45, 2.75) is 20.8 Å². The van der Waals surface area contributed by atoms with E-state index in [1.807, 2.05) is 51.1 Å². The molecule has 1 fully saturated rings. The van der Waals surface area contributed by atoms with Crippen LogP contribution in [0.3, 0.4) is 0 Å². The smallest absolute Gasteiger partial charge is 0.409 e. The summed E-state index contributed by atoms with van der Waals surface area (Å²) in [6.45, 7) is 9.33. The predicted molar refractivity (Wildman–Crippen MR) is 108 cm³/mol. The van der Waals surface area contributed by atoms with Crippen LogP contribution in [0.15, 0.2) is 30.3 Å². The van der Waals surface area contributed by atoms with E-state index in [-0.39, 0.29) is 6.09 Å². The molecule has 1 aliphatic heterocycles. The average molecular weight is 385 g/mol. The fourth-order valence-corrected chi connectivity index (χ4v) is 3.06. The van der Waals surface area contributed by atoms with Crippen LogP contribution in [-0.4, -0.2) is 60.4 Å². The van der Waals surface area contributed by atoms with E-state index < -0.39 is 0 Å². The van der Waals surface area contributed by atoms with Crippen LogP contribution in [0.25, 0.3) is 0 Å². The molecule has 8 heteroatoms. The normalized spacial score (nSPS) is 14.0. The molecular formula is C20H27N5O3. The van der Waals surface area contributed by atoms with Gasteiger partial charge >= 0.3 is 6.09 Å². The second-order valence-corrected chi connectivity index (χ2v) is 6.41. The lowest BCUT2D eigenvalue weighted by Gasteiger charge is -2.34. The van der Waals surface area contributed by atoms with Crippen molar-refractivity contribution >= 4 is 23.4 Å². The fourth-order valence-electron chi connectivity index (χ4n) is 3.06. The standard InChI is InChI=1S/C20H27N5O3/c1-4-27-17-8-6-16(7-9-17)23-18-14-19(22-15(3)21-18)24-10-12-25(13-11-24)20(26)28-5-2/h6-9,14H,4-5,10-13H2,1-3H3,(H,21,22,23). The van der Waals surface area contributed by atoms with Crippen molar-refractivity contribution < 1.29 is 14.3 Å². The van der Waals surface area contributed by atoms with Crippen molar-refractivity contribution in [1.82, 2.24) is 14.9 Å². The Balaban J connectivity index is 1.66. The Morgan fingerprint density at radius 2 is 1.79 bits per heavy atom. The first-order chi connectivity index (χ1) is 13.6. The van der Waals surface area contributed by atoms with Gasteiger partial charge in [0.1, 0.15) is 23.2 Å². The van der Waals surface area contributed by atoms with E-state index in [0.717, 1.165) is 23.1 Å². The minimum atomic E-state index is -0.251. The lowest BCUT2D eigenvalue weighted by molar-refractivity contribution is 0.105. The molecule has 0 spiro atoms. The molecule has 0 bridgehead atoms. The maximum Gasteiger partial charge on any atom is 0.409 e. The number of carbonyl (C=O) groups is 1. The highest BCUT2D eigenvalue weighted by molar-refractivity contribution is 5.68. The number of carbonyl (C=O) groups excluding carboxylic acids is 1. The van der Waals surface area contributed by atoms with Gasteiger partial charge in [-0.15, -0.1) is 0 Å². The van der Waals surface area contributed by atoms with Gasteiger partial charge < -0.3 is 24.6 Å². The number of rotatable bonds is 6. The highest BCUT2D eigenvalue weighted by atomic mass is 16.6. The number of benzene rings is 1. The van der Waals surface area contributed by atoms with Gasteiger partial charge in [-0.05, 0) is 45.0 Å². The van der Waals surface area contributed by atoms with Crippen molar-refractivity contribution in [1.29, 1.82) is 0 Å². The predicted octanol–water partition coefficient (Wildman–Crippen LogP) is 3.21. The fraction of sp³-hybridized carbons (Fsp3) is 0.450. The SMILES string of the molecule is CCOC(=O)N1CCN(c2cc(Nc3ccc(OCC)cc3)nc(C)n2)CC1. The third-order valence-electron chi connectivity index (χ3n) is 4.39. The van der Waals surface area contributed by atoms with Crippen LogP contribution >= 0.6 is 0 Å². The van der Waals surface area contributed by atoms with E-state index in [0.29, 0.717) is 45.2 Å². The van der Waals surface area contributed by atoms with Crippen LogP contribution in [0.4, 0.5) is 22.1 Å². The monoisotopic (exact) mass is 385 g/mol. The Labute approximate surface area is 165 Å². The number of hydrogen-bond donors (Lipinski definition) is 1. The van der Waals surface area contributed by atoms with Crippen molar-refractivity contribution in [2.24, 2.45) is 0 Å². The number of hydrogen-bond acceptors (Lipinski definition) is 7. The quantitative estimate of drug-likeness (QED) is 0.818. The van der Waals surface area contributed by atoms with Gasteiger partial charge in [0.2, 0.25) is 0 Å². The third kappa shape index (κ3) is 5.03. The summed E-state index contributed by atoms with van der Waals surface area (Å²) in [6.07, 6.45) is -0.251. The van der Waals surface area contributed by atoms with Gasteiger partial charge in [-0.1, -0.05) is 0 Å². The summed E-state index contributed by atoms with van der Waals surface area (Å²) in [5, 5.41) is 3.32. The van der Waals surface area contributed by atoms with Crippen LogP contribution in [-0.2, 0) is 4.74 Å². The van der Waals surface area contributed by atoms with Gasteiger partial charge in [-0.25, -0.2) is 14.8 Å². The number of aromatic nitrogens is 2. The number of ether oxygens (including phenoxy) is 2. The van der Waals surface area contributed by atoms with Gasteiger partial charge in [0, 0.05) is 37.9 Å². The molecule has 0 atom stereocenters. The molecule has 28 heavy (non-hydrogen) atoms. The Hall–Kier alpha value is -3.03. The lowest BCUT2D eigenvalue weighted by atomic mass is 10.3. The van der Waals surface area contributed by atoms with Crippen LogP contribution < -0.4 is 15.0 Å². The summed E-state index contributed by atoms with van der Waals surface area (Å²) < 4.78 is 10.5. The number of nitrogens with zero attached hydrogens (tertiary/aromatic N) is 4. The zero-order chi connectivity index (χ0) is 19.9. The molecular weight excluding hydrogens is 358 g/mol. The first-order valence-corrected chi connectivity index (χ1v) is 9.61.